The van der Waals surface area contributed by atoms with Crippen molar-refractivity contribution in [3.63, 3.8) is 0 Å². The monoisotopic (exact) mass is 209 g/mol. The lowest BCUT2D eigenvalue weighted by Gasteiger charge is -2.29. The van der Waals surface area contributed by atoms with E-state index in [0.29, 0.717) is 6.04 Å². The third-order valence-corrected chi connectivity index (χ3v) is 2.93. The molecule has 15 heavy (non-hydrogen) atoms. The van der Waals surface area contributed by atoms with Crippen molar-refractivity contribution in [2.45, 2.75) is 25.0 Å². The maximum Gasteiger partial charge on any atom is 0.123 e. The van der Waals surface area contributed by atoms with Gasteiger partial charge in [-0.05, 0) is 37.6 Å². The smallest absolute Gasteiger partial charge is 0.123 e. The molecule has 0 bridgehead atoms. The van der Waals surface area contributed by atoms with Crippen molar-refractivity contribution in [3.8, 4) is 0 Å². The molecule has 2 atom stereocenters. The topological polar surface area (TPSA) is 21.3 Å². The summed E-state index contributed by atoms with van der Waals surface area (Å²) in [4.78, 5) is 0. The van der Waals surface area contributed by atoms with Gasteiger partial charge in [0, 0.05) is 12.6 Å². The molecule has 2 nitrogen and oxygen atoms in total. The van der Waals surface area contributed by atoms with Gasteiger partial charge >= 0.3 is 0 Å². The first-order valence-corrected chi connectivity index (χ1v) is 5.34. The van der Waals surface area contributed by atoms with Crippen LogP contribution in [0, 0.1) is 5.82 Å². The van der Waals surface area contributed by atoms with Crippen LogP contribution >= 0.6 is 0 Å². The molecule has 0 aromatic heterocycles. The van der Waals surface area contributed by atoms with Crippen LogP contribution in [-0.4, -0.2) is 19.7 Å². The molecule has 1 fully saturated rings. The van der Waals surface area contributed by atoms with Crippen molar-refractivity contribution in [3.05, 3.63) is 35.6 Å². The molecule has 0 aliphatic carbocycles. The van der Waals surface area contributed by atoms with Crippen molar-refractivity contribution in [2.75, 3.05) is 13.7 Å². The van der Waals surface area contributed by atoms with Crippen molar-refractivity contribution in [1.82, 2.24) is 5.32 Å². The summed E-state index contributed by atoms with van der Waals surface area (Å²) in [7, 11) is 1.97. The Morgan fingerprint density at radius 1 is 1.33 bits per heavy atom. The summed E-state index contributed by atoms with van der Waals surface area (Å²) in [5.74, 6) is -0.195. The lowest BCUT2D eigenvalue weighted by molar-refractivity contribution is 0.00152. The molecule has 1 aliphatic rings. The predicted molar refractivity (Wildman–Crippen MR) is 57.2 cm³/mol. The molecular weight excluding hydrogens is 193 g/mol. The van der Waals surface area contributed by atoms with E-state index < -0.39 is 0 Å². The molecule has 0 amide bonds. The van der Waals surface area contributed by atoms with E-state index in [-0.39, 0.29) is 11.9 Å². The van der Waals surface area contributed by atoms with E-state index in [1.165, 1.54) is 12.1 Å². The molecule has 82 valence electrons. The number of nitrogens with one attached hydrogen (secondary N) is 1. The van der Waals surface area contributed by atoms with Gasteiger partial charge in [-0.25, -0.2) is 4.39 Å². The molecule has 1 heterocycles. The van der Waals surface area contributed by atoms with Crippen LogP contribution in [-0.2, 0) is 4.74 Å². The van der Waals surface area contributed by atoms with Gasteiger partial charge in [0.05, 0.1) is 6.10 Å². The Labute approximate surface area is 89.4 Å². The maximum atomic E-state index is 12.7. The largest absolute Gasteiger partial charge is 0.373 e. The van der Waals surface area contributed by atoms with Gasteiger partial charge in [0.2, 0.25) is 0 Å². The molecule has 1 aromatic carbocycles. The molecule has 3 heteroatoms. The molecule has 0 saturated carbocycles. The average Bonchev–Trinajstić information content (AvgIpc) is 2.30. The minimum atomic E-state index is -0.195. The number of hydrogen-bond donors (Lipinski definition) is 1. The minimum Gasteiger partial charge on any atom is -0.373 e. The van der Waals surface area contributed by atoms with E-state index in [9.17, 15) is 4.39 Å². The summed E-state index contributed by atoms with van der Waals surface area (Å²) in [6.07, 6.45) is 2.12. The third kappa shape index (κ3) is 2.55. The van der Waals surface area contributed by atoms with E-state index in [0.717, 1.165) is 25.0 Å². The first-order chi connectivity index (χ1) is 7.29. The average molecular weight is 209 g/mol. The minimum absolute atomic E-state index is 0.108. The zero-order chi connectivity index (χ0) is 10.7. The van der Waals surface area contributed by atoms with Crippen LogP contribution in [0.5, 0.6) is 0 Å². The molecule has 2 rings (SSSR count). The van der Waals surface area contributed by atoms with Crippen molar-refractivity contribution in [1.29, 1.82) is 0 Å². The number of benzene rings is 1. The Kier molecular flexibility index (Phi) is 3.34. The zero-order valence-electron chi connectivity index (χ0n) is 8.87. The van der Waals surface area contributed by atoms with Crippen LogP contribution in [0.3, 0.4) is 0 Å². The van der Waals surface area contributed by atoms with E-state index in [4.69, 9.17) is 4.74 Å². The summed E-state index contributed by atoms with van der Waals surface area (Å²) in [6.45, 7) is 0.771. The molecule has 1 aliphatic heterocycles. The van der Waals surface area contributed by atoms with Crippen LogP contribution < -0.4 is 5.32 Å². The van der Waals surface area contributed by atoms with E-state index in [1.807, 2.05) is 7.05 Å². The molecule has 1 aromatic rings. The Morgan fingerprint density at radius 3 is 2.73 bits per heavy atom. The quantitative estimate of drug-likeness (QED) is 0.806. The fourth-order valence-corrected chi connectivity index (χ4v) is 1.97. The SMILES string of the molecule is CN[C@H]1CCO[C@H](c2ccc(F)cc2)C1. The molecule has 0 unspecified atom stereocenters. The first-order valence-electron chi connectivity index (χ1n) is 5.34. The van der Waals surface area contributed by atoms with Crippen molar-refractivity contribution in [2.24, 2.45) is 0 Å². The van der Waals surface area contributed by atoms with Gasteiger partial charge in [0.25, 0.3) is 0 Å². The van der Waals surface area contributed by atoms with Crippen LogP contribution in [0.2, 0.25) is 0 Å². The Hall–Kier alpha value is -0.930. The second-order valence-corrected chi connectivity index (χ2v) is 3.92. The summed E-state index contributed by atoms with van der Waals surface area (Å²) in [6, 6.07) is 7.09. The molecule has 1 saturated heterocycles. The molecule has 0 spiro atoms. The summed E-state index contributed by atoms with van der Waals surface area (Å²) in [5.41, 5.74) is 1.07. The predicted octanol–water partition coefficient (Wildman–Crippen LogP) is 2.27. The van der Waals surface area contributed by atoms with E-state index in [1.54, 1.807) is 12.1 Å². The highest BCUT2D eigenvalue weighted by Crippen LogP contribution is 2.27. The fraction of sp³-hybridized carbons (Fsp3) is 0.500. The van der Waals surface area contributed by atoms with Gasteiger partial charge < -0.3 is 10.1 Å². The summed E-state index contributed by atoms with van der Waals surface area (Å²) in [5, 5.41) is 3.26. The number of rotatable bonds is 2. The van der Waals surface area contributed by atoms with Gasteiger partial charge in [-0.15, -0.1) is 0 Å². The van der Waals surface area contributed by atoms with Gasteiger partial charge in [-0.2, -0.15) is 0 Å². The van der Waals surface area contributed by atoms with Crippen molar-refractivity contribution >= 4 is 0 Å². The van der Waals surface area contributed by atoms with Crippen LogP contribution in [0.1, 0.15) is 24.5 Å². The standard InChI is InChI=1S/C12H16FNO/c1-14-11-6-7-15-12(8-11)9-2-4-10(13)5-3-9/h2-5,11-12,14H,6-8H2,1H3/t11-,12-/m0/s1. The van der Waals surface area contributed by atoms with Gasteiger partial charge in [0.15, 0.2) is 0 Å². The van der Waals surface area contributed by atoms with Crippen LogP contribution in [0.15, 0.2) is 24.3 Å². The lowest BCUT2D eigenvalue weighted by atomic mass is 9.98. The Balaban J connectivity index is 2.06. The number of halogens is 1. The van der Waals surface area contributed by atoms with E-state index in [2.05, 4.69) is 5.32 Å². The van der Waals surface area contributed by atoms with Gasteiger partial charge in [0.1, 0.15) is 5.82 Å². The highest BCUT2D eigenvalue weighted by molar-refractivity contribution is 5.19. The second-order valence-electron chi connectivity index (χ2n) is 3.92. The molecule has 1 N–H and O–H groups in total. The zero-order valence-corrected chi connectivity index (χ0v) is 8.87. The fourth-order valence-electron chi connectivity index (χ4n) is 1.97. The van der Waals surface area contributed by atoms with E-state index >= 15 is 0 Å². The molecular formula is C12H16FNO. The van der Waals surface area contributed by atoms with Crippen molar-refractivity contribution < 1.29 is 9.13 Å². The van der Waals surface area contributed by atoms with Gasteiger partial charge in [-0.3, -0.25) is 0 Å². The summed E-state index contributed by atoms with van der Waals surface area (Å²) < 4.78 is 18.4. The van der Waals surface area contributed by atoms with Crippen LogP contribution in [0.25, 0.3) is 0 Å². The molecule has 0 radical (unpaired) electrons. The highest BCUT2D eigenvalue weighted by Gasteiger charge is 2.22. The van der Waals surface area contributed by atoms with Crippen LogP contribution in [0.4, 0.5) is 4.39 Å². The highest BCUT2D eigenvalue weighted by atomic mass is 19.1. The lowest BCUT2D eigenvalue weighted by Crippen LogP contribution is -2.33. The third-order valence-electron chi connectivity index (χ3n) is 2.93. The van der Waals surface area contributed by atoms with Gasteiger partial charge in [-0.1, -0.05) is 12.1 Å². The first kappa shape index (κ1) is 10.6. The Morgan fingerprint density at radius 2 is 2.07 bits per heavy atom. The maximum absolute atomic E-state index is 12.7. The summed E-state index contributed by atoms with van der Waals surface area (Å²) >= 11 is 0. The number of ether oxygens (including phenoxy) is 1. The second kappa shape index (κ2) is 4.73. The Bertz CT molecular complexity index is 312. The number of hydrogen-bond acceptors (Lipinski definition) is 2. The normalized spacial score (nSPS) is 26.5.